The van der Waals surface area contributed by atoms with Crippen LogP contribution in [-0.2, 0) is 15.8 Å². The van der Waals surface area contributed by atoms with Gasteiger partial charge in [-0.15, -0.1) is 0 Å². The average molecular weight is 364 g/mol. The fraction of sp³-hybridized carbons (Fsp3) is 0.389. The second kappa shape index (κ2) is 6.59. The minimum Gasteiger partial charge on any atom is -0.369 e. The van der Waals surface area contributed by atoms with Crippen molar-refractivity contribution in [2.45, 2.75) is 37.8 Å². The molecule has 26 heavy (non-hydrogen) atoms. The van der Waals surface area contributed by atoms with Crippen LogP contribution in [0.2, 0.25) is 0 Å². The highest BCUT2D eigenvalue weighted by Gasteiger charge is 2.42. The van der Waals surface area contributed by atoms with Gasteiger partial charge in [-0.2, -0.15) is 13.2 Å². The third kappa shape index (κ3) is 3.36. The summed E-state index contributed by atoms with van der Waals surface area (Å²) in [5, 5.41) is 0. The molecule has 1 aliphatic rings. The molecule has 0 saturated heterocycles. The maximum atomic E-state index is 12.9. The van der Waals surface area contributed by atoms with Crippen molar-refractivity contribution in [2.75, 3.05) is 0 Å². The van der Waals surface area contributed by atoms with E-state index in [-0.39, 0.29) is 18.8 Å². The number of carbonyl (C=O) groups excluding carboxylic acids is 2. The minimum atomic E-state index is -4.41. The lowest BCUT2D eigenvalue weighted by atomic mass is 9.70. The van der Waals surface area contributed by atoms with Crippen LogP contribution >= 0.6 is 0 Å². The number of aromatic amines is 1. The zero-order valence-electron chi connectivity index (χ0n) is 13.8. The Morgan fingerprint density at radius 3 is 2.58 bits per heavy atom. The minimum absolute atomic E-state index is 0.0182. The normalized spacial score (nSPS) is 23.6. The Morgan fingerprint density at radius 2 is 2.00 bits per heavy atom. The first kappa shape index (κ1) is 18.2. The van der Waals surface area contributed by atoms with E-state index in [9.17, 15) is 22.8 Å². The van der Waals surface area contributed by atoms with Crippen LogP contribution in [0.5, 0.6) is 0 Å². The Balaban J connectivity index is 1.77. The van der Waals surface area contributed by atoms with Crippen molar-refractivity contribution in [1.29, 1.82) is 0 Å². The standard InChI is InChI=1S/C18H17F3N3O2/c19-18(20,21)13-3-1-2-12(8-13)14-9-23-15(24-14)11-4-6-17(10-25,7-5-11)16(22)26/h1-3,8-9,11H,4-7H2,(H2,22,26)(H,23,24). The molecule has 1 aliphatic carbocycles. The molecule has 1 fully saturated rings. The number of carbonyl (C=O) groups is 1. The van der Waals surface area contributed by atoms with Gasteiger partial charge in [0.15, 0.2) is 0 Å². The summed E-state index contributed by atoms with van der Waals surface area (Å²) in [7, 11) is 0. The fourth-order valence-electron chi connectivity index (χ4n) is 3.33. The van der Waals surface area contributed by atoms with Crippen molar-refractivity contribution in [1.82, 2.24) is 9.97 Å². The molecule has 2 aromatic rings. The molecule has 0 bridgehead atoms. The number of rotatable bonds is 4. The molecule has 1 aromatic carbocycles. The summed E-state index contributed by atoms with van der Waals surface area (Å²) < 4.78 is 38.6. The Hall–Kier alpha value is -2.64. The molecule has 1 aromatic heterocycles. The van der Waals surface area contributed by atoms with Crippen LogP contribution in [-0.4, -0.2) is 22.2 Å². The Bertz CT molecular complexity index is 821. The monoisotopic (exact) mass is 364 g/mol. The molecule has 137 valence electrons. The summed E-state index contributed by atoms with van der Waals surface area (Å²) in [4.78, 5) is 30.0. The maximum Gasteiger partial charge on any atom is 0.416 e. The number of imidazole rings is 1. The number of aromatic nitrogens is 2. The van der Waals surface area contributed by atoms with E-state index in [1.807, 2.05) is 0 Å². The van der Waals surface area contributed by atoms with Crippen molar-refractivity contribution < 1.29 is 22.8 Å². The summed E-state index contributed by atoms with van der Waals surface area (Å²) in [6.07, 6.45) is 0.545. The maximum absolute atomic E-state index is 12.9. The molecule has 1 radical (unpaired) electrons. The average Bonchev–Trinajstić information content (AvgIpc) is 3.11. The summed E-state index contributed by atoms with van der Waals surface area (Å²) in [5.41, 5.74) is 4.12. The van der Waals surface area contributed by atoms with Gasteiger partial charge in [0, 0.05) is 17.7 Å². The molecule has 1 amide bonds. The number of nitrogens with zero attached hydrogens (tertiary/aromatic N) is 1. The van der Waals surface area contributed by atoms with Gasteiger partial charge in [-0.1, -0.05) is 12.1 Å². The number of alkyl halides is 3. The Morgan fingerprint density at radius 1 is 1.31 bits per heavy atom. The van der Waals surface area contributed by atoms with Gasteiger partial charge in [0.25, 0.3) is 0 Å². The van der Waals surface area contributed by atoms with E-state index in [0.29, 0.717) is 29.9 Å². The molecule has 0 spiro atoms. The highest BCUT2D eigenvalue weighted by Crippen LogP contribution is 2.41. The zero-order valence-corrected chi connectivity index (χ0v) is 13.8. The van der Waals surface area contributed by atoms with Crippen LogP contribution in [0.1, 0.15) is 43.0 Å². The van der Waals surface area contributed by atoms with Crippen molar-refractivity contribution >= 4 is 12.2 Å². The number of halogens is 3. The first-order valence-electron chi connectivity index (χ1n) is 8.17. The van der Waals surface area contributed by atoms with Crippen LogP contribution < -0.4 is 5.73 Å². The Kier molecular flexibility index (Phi) is 4.60. The van der Waals surface area contributed by atoms with Gasteiger partial charge in [-0.05, 0) is 37.8 Å². The van der Waals surface area contributed by atoms with E-state index in [0.717, 1.165) is 12.1 Å². The molecule has 1 saturated carbocycles. The summed E-state index contributed by atoms with van der Waals surface area (Å²) in [6, 6.07) is 4.97. The molecule has 5 nitrogen and oxygen atoms in total. The largest absolute Gasteiger partial charge is 0.416 e. The predicted octanol–water partition coefficient (Wildman–Crippen LogP) is 3.33. The van der Waals surface area contributed by atoms with Crippen molar-refractivity contribution in [3.8, 4) is 11.3 Å². The Labute approximate surface area is 147 Å². The lowest BCUT2D eigenvalue weighted by molar-refractivity contribution is -0.137. The van der Waals surface area contributed by atoms with E-state index in [1.165, 1.54) is 6.07 Å². The summed E-state index contributed by atoms with van der Waals surface area (Å²) in [6.45, 7) is 0. The van der Waals surface area contributed by atoms with Crippen molar-refractivity contribution in [3.63, 3.8) is 0 Å². The van der Waals surface area contributed by atoms with Gasteiger partial charge in [-0.3, -0.25) is 9.59 Å². The van der Waals surface area contributed by atoms with Crippen molar-refractivity contribution in [3.05, 3.63) is 41.9 Å². The molecule has 3 N–H and O–H groups in total. The van der Waals surface area contributed by atoms with Gasteiger partial charge in [0.1, 0.15) is 11.2 Å². The lowest BCUT2D eigenvalue weighted by Crippen LogP contribution is -2.41. The predicted molar refractivity (Wildman–Crippen MR) is 87.6 cm³/mol. The number of hydrogen-bond acceptors (Lipinski definition) is 3. The molecule has 1 heterocycles. The van der Waals surface area contributed by atoms with Gasteiger partial charge in [0.05, 0.1) is 11.3 Å². The number of nitrogens with one attached hydrogen (secondary N) is 1. The second-order valence-corrected chi connectivity index (χ2v) is 6.57. The molecular weight excluding hydrogens is 347 g/mol. The molecular formula is C18H17F3N3O2. The first-order chi connectivity index (χ1) is 12.2. The smallest absolute Gasteiger partial charge is 0.369 e. The quantitative estimate of drug-likeness (QED) is 0.816. The van der Waals surface area contributed by atoms with Crippen LogP contribution in [0.4, 0.5) is 13.2 Å². The van der Waals surface area contributed by atoms with Crippen LogP contribution in [0.3, 0.4) is 0 Å². The van der Waals surface area contributed by atoms with Crippen LogP contribution in [0, 0.1) is 5.41 Å². The fourth-order valence-corrected chi connectivity index (χ4v) is 3.33. The van der Waals surface area contributed by atoms with E-state index in [4.69, 9.17) is 5.73 Å². The number of nitrogens with two attached hydrogens (primary N) is 1. The summed E-state index contributed by atoms with van der Waals surface area (Å²) in [5.74, 6) is -0.0631. The van der Waals surface area contributed by atoms with Crippen molar-refractivity contribution in [2.24, 2.45) is 11.1 Å². The van der Waals surface area contributed by atoms with E-state index >= 15 is 0 Å². The lowest BCUT2D eigenvalue weighted by Gasteiger charge is -2.31. The third-order valence-electron chi connectivity index (χ3n) is 4.98. The van der Waals surface area contributed by atoms with E-state index in [1.54, 1.807) is 18.5 Å². The SMILES string of the molecule is NC(=O)C1([C]=O)CCC(c2nc(-c3cccc(C(F)(F)F)c3)c[nH]2)CC1. The highest BCUT2D eigenvalue weighted by atomic mass is 19.4. The van der Waals surface area contributed by atoms with Gasteiger partial charge >= 0.3 is 6.18 Å². The molecule has 0 atom stereocenters. The molecule has 8 heteroatoms. The molecule has 0 aliphatic heterocycles. The molecule has 0 unspecified atom stereocenters. The van der Waals surface area contributed by atoms with Crippen LogP contribution in [0.15, 0.2) is 30.5 Å². The van der Waals surface area contributed by atoms with E-state index < -0.39 is 23.1 Å². The summed E-state index contributed by atoms with van der Waals surface area (Å²) >= 11 is 0. The molecule has 3 rings (SSSR count). The topological polar surface area (TPSA) is 88.8 Å². The van der Waals surface area contributed by atoms with Crippen LogP contribution in [0.25, 0.3) is 11.3 Å². The number of hydrogen-bond donors (Lipinski definition) is 2. The number of primary amides is 1. The zero-order chi connectivity index (χ0) is 18.9. The van der Waals surface area contributed by atoms with Gasteiger partial charge in [-0.25, -0.2) is 4.98 Å². The third-order valence-corrected chi connectivity index (χ3v) is 4.98. The number of benzene rings is 1. The number of H-pyrrole nitrogens is 1. The van der Waals surface area contributed by atoms with E-state index in [2.05, 4.69) is 9.97 Å². The van der Waals surface area contributed by atoms with Gasteiger partial charge in [0.2, 0.25) is 12.2 Å². The highest BCUT2D eigenvalue weighted by molar-refractivity contribution is 5.96. The van der Waals surface area contributed by atoms with Gasteiger partial charge < -0.3 is 10.7 Å². The first-order valence-corrected chi connectivity index (χ1v) is 8.17. The number of amides is 1. The second-order valence-electron chi connectivity index (χ2n) is 6.57.